The SMILES string of the molecule is N[C@H](c1cc(I)cc(I)c1)C(F)(F)F. The maximum Gasteiger partial charge on any atom is 0.407 e. The first-order valence-corrected chi connectivity index (χ1v) is 5.75. The fourth-order valence-electron chi connectivity index (χ4n) is 0.944. The van der Waals surface area contributed by atoms with Crippen molar-refractivity contribution in [2.75, 3.05) is 0 Å². The molecule has 78 valence electrons. The third-order valence-corrected chi connectivity index (χ3v) is 2.84. The van der Waals surface area contributed by atoms with Crippen LogP contribution in [0.25, 0.3) is 0 Å². The van der Waals surface area contributed by atoms with Gasteiger partial charge in [-0.15, -0.1) is 0 Å². The smallest absolute Gasteiger partial charge is 0.316 e. The lowest BCUT2D eigenvalue weighted by Crippen LogP contribution is -2.28. The molecule has 0 spiro atoms. The first kappa shape index (κ1) is 12.5. The first-order chi connectivity index (χ1) is 6.30. The molecule has 0 aliphatic carbocycles. The van der Waals surface area contributed by atoms with Crippen LogP contribution in [0.3, 0.4) is 0 Å². The van der Waals surface area contributed by atoms with Crippen LogP contribution in [0.4, 0.5) is 13.2 Å². The Morgan fingerprint density at radius 3 is 1.86 bits per heavy atom. The van der Waals surface area contributed by atoms with Crippen LogP contribution in [0, 0.1) is 7.14 Å². The van der Waals surface area contributed by atoms with Gasteiger partial charge in [-0.3, -0.25) is 0 Å². The molecule has 14 heavy (non-hydrogen) atoms. The van der Waals surface area contributed by atoms with E-state index in [1.54, 1.807) is 6.07 Å². The normalized spacial score (nSPS) is 14.1. The summed E-state index contributed by atoms with van der Waals surface area (Å²) in [5.41, 5.74) is 5.18. The molecule has 0 unspecified atom stereocenters. The van der Waals surface area contributed by atoms with Gasteiger partial charge in [0.15, 0.2) is 0 Å². The van der Waals surface area contributed by atoms with Crippen molar-refractivity contribution in [1.29, 1.82) is 0 Å². The van der Waals surface area contributed by atoms with Crippen LogP contribution < -0.4 is 5.73 Å². The Labute approximate surface area is 107 Å². The Hall–Kier alpha value is 0.430. The van der Waals surface area contributed by atoms with E-state index in [9.17, 15) is 13.2 Å². The van der Waals surface area contributed by atoms with Crippen LogP contribution in [0.2, 0.25) is 0 Å². The average molecular weight is 427 g/mol. The summed E-state index contributed by atoms with van der Waals surface area (Å²) in [6.07, 6.45) is -4.38. The second kappa shape index (κ2) is 4.52. The van der Waals surface area contributed by atoms with E-state index in [1.807, 2.05) is 45.2 Å². The van der Waals surface area contributed by atoms with Gasteiger partial charge in [-0.25, -0.2) is 0 Å². The van der Waals surface area contributed by atoms with E-state index in [4.69, 9.17) is 5.73 Å². The Morgan fingerprint density at radius 2 is 1.50 bits per heavy atom. The standard InChI is InChI=1S/C8H6F3I2N/c9-8(10,11)7(14)4-1-5(12)3-6(13)2-4/h1-3,7H,14H2/t7-/m1/s1. The van der Waals surface area contributed by atoms with Gasteiger partial charge < -0.3 is 5.73 Å². The van der Waals surface area contributed by atoms with Crippen molar-refractivity contribution in [3.05, 3.63) is 30.9 Å². The summed E-state index contributed by atoms with van der Waals surface area (Å²) in [5.74, 6) is 0. The van der Waals surface area contributed by atoms with Gasteiger partial charge in [0, 0.05) is 7.14 Å². The van der Waals surface area contributed by atoms with Crippen LogP contribution in [-0.4, -0.2) is 6.18 Å². The van der Waals surface area contributed by atoms with Gasteiger partial charge in [-0.1, -0.05) is 0 Å². The monoisotopic (exact) mass is 427 g/mol. The number of hydrogen-bond acceptors (Lipinski definition) is 1. The number of hydrogen-bond donors (Lipinski definition) is 1. The average Bonchev–Trinajstić information content (AvgIpc) is 1.99. The summed E-state index contributed by atoms with van der Waals surface area (Å²) in [6.45, 7) is 0. The molecule has 0 radical (unpaired) electrons. The molecule has 0 saturated heterocycles. The van der Waals surface area contributed by atoms with E-state index in [-0.39, 0.29) is 5.56 Å². The van der Waals surface area contributed by atoms with Crippen molar-refractivity contribution in [1.82, 2.24) is 0 Å². The molecule has 2 N–H and O–H groups in total. The van der Waals surface area contributed by atoms with E-state index in [0.29, 0.717) is 0 Å². The Bertz CT molecular complexity index is 318. The van der Waals surface area contributed by atoms with Crippen LogP contribution >= 0.6 is 45.2 Å². The molecule has 1 aromatic carbocycles. The number of alkyl halides is 3. The predicted octanol–water partition coefficient (Wildman–Crippen LogP) is 3.46. The second-order valence-corrected chi connectivity index (χ2v) is 5.21. The van der Waals surface area contributed by atoms with E-state index in [0.717, 1.165) is 7.14 Å². The van der Waals surface area contributed by atoms with Gasteiger partial charge in [-0.05, 0) is 68.9 Å². The summed E-state index contributed by atoms with van der Waals surface area (Å²) < 4.78 is 38.3. The molecule has 0 aromatic heterocycles. The topological polar surface area (TPSA) is 26.0 Å². The summed E-state index contributed by atoms with van der Waals surface area (Å²) >= 11 is 3.93. The maximum absolute atomic E-state index is 12.3. The van der Waals surface area contributed by atoms with Gasteiger partial charge in [0.2, 0.25) is 0 Å². The molecule has 0 aliphatic rings. The van der Waals surface area contributed by atoms with Crippen molar-refractivity contribution in [3.63, 3.8) is 0 Å². The van der Waals surface area contributed by atoms with Gasteiger partial charge in [-0.2, -0.15) is 13.2 Å². The summed E-state index contributed by atoms with van der Waals surface area (Å²) in [5, 5.41) is 0. The zero-order valence-electron chi connectivity index (χ0n) is 6.78. The second-order valence-electron chi connectivity index (χ2n) is 2.72. The molecular weight excluding hydrogens is 421 g/mol. The third kappa shape index (κ3) is 3.23. The zero-order chi connectivity index (χ0) is 10.9. The largest absolute Gasteiger partial charge is 0.407 e. The Balaban J connectivity index is 3.07. The van der Waals surface area contributed by atoms with E-state index in [1.165, 1.54) is 12.1 Å². The molecule has 1 nitrogen and oxygen atoms in total. The number of nitrogens with two attached hydrogens (primary N) is 1. The Kier molecular flexibility index (Phi) is 4.03. The highest BCUT2D eigenvalue weighted by Crippen LogP contribution is 2.31. The Morgan fingerprint density at radius 1 is 1.07 bits per heavy atom. The third-order valence-electron chi connectivity index (χ3n) is 1.60. The van der Waals surface area contributed by atoms with Gasteiger partial charge in [0.25, 0.3) is 0 Å². The fraction of sp³-hybridized carbons (Fsp3) is 0.250. The predicted molar refractivity (Wildman–Crippen MR) is 64.9 cm³/mol. The lowest BCUT2D eigenvalue weighted by Gasteiger charge is -2.16. The molecule has 0 aliphatic heterocycles. The highest BCUT2D eigenvalue weighted by Gasteiger charge is 2.37. The van der Waals surface area contributed by atoms with E-state index >= 15 is 0 Å². The maximum atomic E-state index is 12.3. The van der Waals surface area contributed by atoms with E-state index < -0.39 is 12.2 Å². The van der Waals surface area contributed by atoms with Gasteiger partial charge in [0.1, 0.15) is 6.04 Å². The lowest BCUT2D eigenvalue weighted by molar-refractivity contribution is -0.149. The molecule has 0 heterocycles. The molecule has 0 fully saturated rings. The van der Waals surface area contributed by atoms with Gasteiger partial charge in [0.05, 0.1) is 0 Å². The van der Waals surface area contributed by atoms with Crippen molar-refractivity contribution >= 4 is 45.2 Å². The molecule has 6 heteroatoms. The molecule has 1 rings (SSSR count). The summed E-state index contributed by atoms with van der Waals surface area (Å²) in [7, 11) is 0. The minimum atomic E-state index is -4.38. The highest BCUT2D eigenvalue weighted by molar-refractivity contribution is 14.1. The zero-order valence-corrected chi connectivity index (χ0v) is 11.1. The quantitative estimate of drug-likeness (QED) is 0.684. The number of benzene rings is 1. The summed E-state index contributed by atoms with van der Waals surface area (Å²) in [6, 6.07) is 2.78. The van der Waals surface area contributed by atoms with Crippen LogP contribution in [-0.2, 0) is 0 Å². The van der Waals surface area contributed by atoms with Crippen LogP contribution in [0.5, 0.6) is 0 Å². The van der Waals surface area contributed by atoms with E-state index in [2.05, 4.69) is 0 Å². The summed E-state index contributed by atoms with van der Waals surface area (Å²) in [4.78, 5) is 0. The van der Waals surface area contributed by atoms with Crippen molar-refractivity contribution in [2.24, 2.45) is 5.73 Å². The van der Waals surface area contributed by atoms with Gasteiger partial charge >= 0.3 is 6.18 Å². The number of rotatable bonds is 1. The number of halogens is 5. The lowest BCUT2D eigenvalue weighted by atomic mass is 10.1. The molecule has 1 aromatic rings. The molecule has 0 saturated carbocycles. The van der Waals surface area contributed by atoms with Crippen molar-refractivity contribution in [3.8, 4) is 0 Å². The van der Waals surface area contributed by atoms with Crippen LogP contribution in [0.1, 0.15) is 11.6 Å². The highest BCUT2D eigenvalue weighted by atomic mass is 127. The van der Waals surface area contributed by atoms with Crippen LogP contribution in [0.15, 0.2) is 18.2 Å². The molecule has 1 atom stereocenters. The molecular formula is C8H6F3I2N. The molecule has 0 bridgehead atoms. The minimum absolute atomic E-state index is 0.105. The minimum Gasteiger partial charge on any atom is -0.316 e. The fourth-order valence-corrected chi connectivity index (χ4v) is 2.93. The van der Waals surface area contributed by atoms with Crippen molar-refractivity contribution in [2.45, 2.75) is 12.2 Å². The molecule has 0 amide bonds. The van der Waals surface area contributed by atoms with Crippen molar-refractivity contribution < 1.29 is 13.2 Å². The first-order valence-electron chi connectivity index (χ1n) is 3.59.